The second-order valence-electron chi connectivity index (χ2n) is 9.86. The number of aromatic amines is 1. The standard InChI is InChI=1S/C26H36N6O5/c1-16(2)11-19(27)23(33)30-20(13-18-14-28-15-29-18)24(34)31-21(12-17-7-4-3-5-8-17)25(35)32-10-6-9-22(32)26(36)37/h3-5,7-8,14-16,19-22H,6,9-13,27H2,1-2H3,(H,28,29)(H,30,33)(H,31,34)(H,36,37). The average Bonchev–Trinajstić information content (AvgIpc) is 3.55. The molecular formula is C26H36N6O5. The molecule has 1 aromatic carbocycles. The van der Waals surface area contributed by atoms with Gasteiger partial charge >= 0.3 is 5.97 Å². The zero-order valence-corrected chi connectivity index (χ0v) is 21.2. The second-order valence-corrected chi connectivity index (χ2v) is 9.86. The molecule has 2 aromatic rings. The van der Waals surface area contributed by atoms with Gasteiger partial charge < -0.3 is 31.4 Å². The van der Waals surface area contributed by atoms with Gasteiger partial charge in [-0.2, -0.15) is 0 Å². The highest BCUT2D eigenvalue weighted by molar-refractivity contribution is 5.94. The van der Waals surface area contributed by atoms with Crippen LogP contribution >= 0.6 is 0 Å². The molecule has 3 amide bonds. The van der Waals surface area contributed by atoms with Crippen LogP contribution in [0.3, 0.4) is 0 Å². The maximum Gasteiger partial charge on any atom is 0.326 e. The van der Waals surface area contributed by atoms with Gasteiger partial charge in [-0.3, -0.25) is 14.4 Å². The third-order valence-electron chi connectivity index (χ3n) is 6.39. The molecule has 2 heterocycles. The quantitative estimate of drug-likeness (QED) is 0.277. The first kappa shape index (κ1) is 27.9. The highest BCUT2D eigenvalue weighted by Gasteiger charge is 2.38. The molecule has 1 aromatic heterocycles. The number of amides is 3. The lowest BCUT2D eigenvalue weighted by atomic mass is 10.0. The zero-order valence-electron chi connectivity index (χ0n) is 21.2. The molecular weight excluding hydrogens is 476 g/mol. The largest absolute Gasteiger partial charge is 0.480 e. The minimum absolute atomic E-state index is 0.111. The van der Waals surface area contributed by atoms with E-state index < -0.39 is 47.9 Å². The molecule has 4 unspecified atom stereocenters. The van der Waals surface area contributed by atoms with Crippen LogP contribution in [0.5, 0.6) is 0 Å². The van der Waals surface area contributed by atoms with Crippen molar-refractivity contribution in [1.29, 1.82) is 0 Å². The number of hydrogen-bond donors (Lipinski definition) is 5. The number of aliphatic carboxylic acids is 1. The number of imidazole rings is 1. The van der Waals surface area contributed by atoms with E-state index in [0.717, 1.165) is 5.56 Å². The number of H-pyrrole nitrogens is 1. The summed E-state index contributed by atoms with van der Waals surface area (Å²) < 4.78 is 0. The Morgan fingerprint density at radius 3 is 2.43 bits per heavy atom. The summed E-state index contributed by atoms with van der Waals surface area (Å²) in [5.74, 6) is -2.38. The van der Waals surface area contributed by atoms with Gasteiger partial charge in [0.2, 0.25) is 17.7 Å². The fraction of sp³-hybridized carbons (Fsp3) is 0.500. The van der Waals surface area contributed by atoms with Crippen LogP contribution in [-0.4, -0.2) is 74.4 Å². The summed E-state index contributed by atoms with van der Waals surface area (Å²) in [7, 11) is 0. The average molecular weight is 513 g/mol. The number of carbonyl (C=O) groups is 4. The van der Waals surface area contributed by atoms with Crippen molar-refractivity contribution < 1.29 is 24.3 Å². The minimum Gasteiger partial charge on any atom is -0.480 e. The molecule has 1 saturated heterocycles. The number of carboxylic acids is 1. The van der Waals surface area contributed by atoms with E-state index in [-0.39, 0.29) is 18.8 Å². The molecule has 0 saturated carbocycles. The van der Waals surface area contributed by atoms with Gasteiger partial charge in [-0.25, -0.2) is 9.78 Å². The number of aromatic nitrogens is 2. The maximum atomic E-state index is 13.5. The van der Waals surface area contributed by atoms with Gasteiger partial charge in [-0.15, -0.1) is 0 Å². The maximum absolute atomic E-state index is 13.5. The smallest absolute Gasteiger partial charge is 0.326 e. The molecule has 3 rings (SSSR count). The van der Waals surface area contributed by atoms with Gasteiger partial charge in [-0.05, 0) is 30.7 Å². The van der Waals surface area contributed by atoms with Crippen molar-refractivity contribution in [3.8, 4) is 0 Å². The molecule has 11 heteroatoms. The van der Waals surface area contributed by atoms with Crippen LogP contribution in [-0.2, 0) is 32.0 Å². The normalized spacial score (nSPS) is 17.7. The summed E-state index contributed by atoms with van der Waals surface area (Å²) in [6.45, 7) is 4.20. The van der Waals surface area contributed by atoms with Gasteiger partial charge in [0.1, 0.15) is 18.1 Å². The van der Waals surface area contributed by atoms with Crippen LogP contribution in [0.25, 0.3) is 0 Å². The summed E-state index contributed by atoms with van der Waals surface area (Å²) >= 11 is 0. The molecule has 0 radical (unpaired) electrons. The molecule has 0 bridgehead atoms. The van der Waals surface area contributed by atoms with E-state index in [2.05, 4.69) is 20.6 Å². The van der Waals surface area contributed by atoms with E-state index in [1.54, 1.807) is 6.20 Å². The van der Waals surface area contributed by atoms with Gasteiger partial charge in [0.15, 0.2) is 0 Å². The molecule has 1 aliphatic heterocycles. The molecule has 11 nitrogen and oxygen atoms in total. The van der Waals surface area contributed by atoms with E-state index in [0.29, 0.717) is 31.5 Å². The number of carbonyl (C=O) groups excluding carboxylic acids is 3. The number of hydrogen-bond acceptors (Lipinski definition) is 6. The Bertz CT molecular complexity index is 1060. The van der Waals surface area contributed by atoms with E-state index in [1.165, 1.54) is 11.2 Å². The molecule has 4 atom stereocenters. The van der Waals surface area contributed by atoms with Crippen molar-refractivity contribution in [2.24, 2.45) is 11.7 Å². The van der Waals surface area contributed by atoms with E-state index in [1.807, 2.05) is 44.2 Å². The topological polar surface area (TPSA) is 171 Å². The SMILES string of the molecule is CC(C)CC(N)C(=O)NC(Cc1cnc[nH]1)C(=O)NC(Cc1ccccc1)C(=O)N1CCCC1C(=O)O. The Morgan fingerprint density at radius 1 is 1.11 bits per heavy atom. The third-order valence-corrected chi connectivity index (χ3v) is 6.39. The number of carboxylic acid groups (broad SMARTS) is 1. The van der Waals surface area contributed by atoms with Crippen LogP contribution in [0.15, 0.2) is 42.9 Å². The van der Waals surface area contributed by atoms with Crippen molar-refractivity contribution >= 4 is 23.7 Å². The van der Waals surface area contributed by atoms with Crippen LogP contribution in [0, 0.1) is 5.92 Å². The number of rotatable bonds is 12. The van der Waals surface area contributed by atoms with Crippen molar-refractivity contribution in [2.45, 2.75) is 70.1 Å². The third kappa shape index (κ3) is 7.88. The molecule has 200 valence electrons. The predicted molar refractivity (Wildman–Crippen MR) is 136 cm³/mol. The van der Waals surface area contributed by atoms with Crippen molar-refractivity contribution in [3.63, 3.8) is 0 Å². The summed E-state index contributed by atoms with van der Waals surface area (Å²) in [5, 5.41) is 15.1. The Morgan fingerprint density at radius 2 is 1.81 bits per heavy atom. The lowest BCUT2D eigenvalue weighted by Crippen LogP contribution is -2.58. The fourth-order valence-electron chi connectivity index (χ4n) is 4.53. The summed E-state index contributed by atoms with van der Waals surface area (Å²) in [6.07, 6.45) is 4.68. The molecule has 0 aliphatic carbocycles. The first-order chi connectivity index (χ1) is 17.7. The lowest BCUT2D eigenvalue weighted by Gasteiger charge is -2.29. The van der Waals surface area contributed by atoms with Crippen molar-refractivity contribution in [3.05, 3.63) is 54.1 Å². The predicted octanol–water partition coefficient (Wildman–Crippen LogP) is 0.614. The van der Waals surface area contributed by atoms with E-state index in [9.17, 15) is 24.3 Å². The van der Waals surface area contributed by atoms with Crippen LogP contribution in [0.1, 0.15) is 44.4 Å². The highest BCUT2D eigenvalue weighted by atomic mass is 16.4. The van der Waals surface area contributed by atoms with Gasteiger partial charge in [0.25, 0.3) is 0 Å². The van der Waals surface area contributed by atoms with Crippen LogP contribution < -0.4 is 16.4 Å². The summed E-state index contributed by atoms with van der Waals surface area (Å²) in [6, 6.07) is 5.40. The van der Waals surface area contributed by atoms with E-state index in [4.69, 9.17) is 5.73 Å². The number of benzene rings is 1. The number of nitrogens with one attached hydrogen (secondary N) is 3. The monoisotopic (exact) mass is 512 g/mol. The molecule has 37 heavy (non-hydrogen) atoms. The van der Waals surface area contributed by atoms with Crippen LogP contribution in [0.4, 0.5) is 0 Å². The van der Waals surface area contributed by atoms with Gasteiger partial charge in [-0.1, -0.05) is 44.2 Å². The molecule has 1 fully saturated rings. The Balaban J connectivity index is 1.82. The minimum atomic E-state index is -1.07. The van der Waals surface area contributed by atoms with Crippen molar-refractivity contribution in [1.82, 2.24) is 25.5 Å². The van der Waals surface area contributed by atoms with E-state index >= 15 is 0 Å². The zero-order chi connectivity index (χ0) is 26.9. The summed E-state index contributed by atoms with van der Waals surface area (Å²) in [5.41, 5.74) is 7.46. The fourth-order valence-corrected chi connectivity index (χ4v) is 4.53. The Hall–Kier alpha value is -3.73. The summed E-state index contributed by atoms with van der Waals surface area (Å²) in [4.78, 5) is 59.7. The lowest BCUT2D eigenvalue weighted by molar-refractivity contribution is -0.149. The first-order valence-electron chi connectivity index (χ1n) is 12.6. The molecule has 6 N–H and O–H groups in total. The van der Waals surface area contributed by atoms with Gasteiger partial charge in [0, 0.05) is 31.3 Å². The van der Waals surface area contributed by atoms with Gasteiger partial charge in [0.05, 0.1) is 12.4 Å². The van der Waals surface area contributed by atoms with Crippen molar-refractivity contribution in [2.75, 3.05) is 6.54 Å². The molecule has 0 spiro atoms. The Kier molecular flexibility index (Phi) is 9.78. The molecule has 1 aliphatic rings. The Labute approximate surface area is 216 Å². The first-order valence-corrected chi connectivity index (χ1v) is 12.6. The number of nitrogens with two attached hydrogens (primary N) is 1. The highest BCUT2D eigenvalue weighted by Crippen LogP contribution is 2.20. The van der Waals surface area contributed by atoms with Crippen LogP contribution in [0.2, 0.25) is 0 Å². The number of likely N-dealkylation sites (tertiary alicyclic amines) is 1. The number of nitrogens with zero attached hydrogens (tertiary/aromatic N) is 2. The second kappa shape index (κ2) is 13.0.